The molecule has 2 fully saturated rings. The van der Waals surface area contributed by atoms with Crippen LogP contribution in [0.1, 0.15) is 31.5 Å². The number of nitrogens with zero attached hydrogens (tertiary/aromatic N) is 3. The summed E-state index contributed by atoms with van der Waals surface area (Å²) >= 11 is 0. The Hall–Kier alpha value is -2.20. The van der Waals surface area contributed by atoms with Gasteiger partial charge in [0.05, 0.1) is 30.2 Å². The highest BCUT2D eigenvalue weighted by molar-refractivity contribution is 7.89. The van der Waals surface area contributed by atoms with Gasteiger partial charge in [-0.25, -0.2) is 8.42 Å². The van der Waals surface area contributed by atoms with E-state index in [9.17, 15) is 13.2 Å². The molecule has 0 saturated carbocycles. The summed E-state index contributed by atoms with van der Waals surface area (Å²) in [7, 11) is -1.59. The minimum atomic E-state index is -3.61. The molecule has 1 aromatic heterocycles. The fourth-order valence-electron chi connectivity index (χ4n) is 4.46. The zero-order valence-electron chi connectivity index (χ0n) is 18.0. The van der Waals surface area contributed by atoms with Crippen molar-refractivity contribution >= 4 is 21.6 Å². The van der Waals surface area contributed by atoms with Crippen LogP contribution >= 0.6 is 0 Å². The number of rotatable bonds is 6. The molecule has 2 aliphatic rings. The number of sulfonamides is 1. The molecule has 0 bridgehead atoms. The molecule has 4 rings (SSSR count). The molecule has 1 N–H and O–H groups in total. The lowest BCUT2D eigenvalue weighted by Gasteiger charge is -2.30. The molecule has 0 aliphatic carbocycles. The summed E-state index contributed by atoms with van der Waals surface area (Å²) in [6, 6.07) is 10.5. The van der Waals surface area contributed by atoms with Crippen LogP contribution in [0.15, 0.2) is 47.5 Å². The zero-order valence-corrected chi connectivity index (χ0v) is 18.8. The van der Waals surface area contributed by atoms with Gasteiger partial charge in [-0.3, -0.25) is 9.69 Å². The number of nitrogens with one attached hydrogen (secondary N) is 1. The number of carbonyl (C=O) groups excluding carboxylic acids is 1. The lowest BCUT2D eigenvalue weighted by molar-refractivity contribution is -0.121. The van der Waals surface area contributed by atoms with Crippen molar-refractivity contribution < 1.29 is 17.9 Å². The molecule has 1 amide bonds. The first kappa shape index (κ1) is 22.0. The Morgan fingerprint density at radius 2 is 1.94 bits per heavy atom. The van der Waals surface area contributed by atoms with Crippen LogP contribution in [0.3, 0.4) is 0 Å². The van der Waals surface area contributed by atoms with Gasteiger partial charge in [0.25, 0.3) is 0 Å². The molecule has 9 heteroatoms. The maximum Gasteiger partial charge on any atom is 0.243 e. The van der Waals surface area contributed by atoms with Crippen LogP contribution in [-0.4, -0.2) is 67.0 Å². The van der Waals surface area contributed by atoms with E-state index in [0.29, 0.717) is 32.0 Å². The number of carbonyl (C=O) groups is 1. The summed E-state index contributed by atoms with van der Waals surface area (Å²) in [4.78, 5) is 15.4. The molecule has 31 heavy (non-hydrogen) atoms. The van der Waals surface area contributed by atoms with Gasteiger partial charge in [0, 0.05) is 37.7 Å². The second kappa shape index (κ2) is 9.12. The van der Waals surface area contributed by atoms with Gasteiger partial charge in [-0.1, -0.05) is 6.07 Å². The van der Waals surface area contributed by atoms with E-state index in [1.165, 1.54) is 16.1 Å². The van der Waals surface area contributed by atoms with Gasteiger partial charge in [-0.05, 0) is 56.6 Å². The Kier molecular flexibility index (Phi) is 6.47. The molecule has 0 unspecified atom stereocenters. The van der Waals surface area contributed by atoms with Crippen LogP contribution in [0.5, 0.6) is 0 Å². The highest BCUT2D eigenvalue weighted by Gasteiger charge is 2.34. The van der Waals surface area contributed by atoms with Gasteiger partial charge in [0.1, 0.15) is 0 Å². The van der Waals surface area contributed by atoms with Crippen molar-refractivity contribution in [1.82, 2.24) is 13.8 Å². The van der Waals surface area contributed by atoms with E-state index in [1.807, 2.05) is 26.2 Å². The molecule has 8 nitrogen and oxygen atoms in total. The first-order valence-electron chi connectivity index (χ1n) is 10.7. The third kappa shape index (κ3) is 4.55. The Morgan fingerprint density at radius 1 is 1.16 bits per heavy atom. The Labute approximate surface area is 183 Å². The molecule has 0 spiro atoms. The zero-order chi connectivity index (χ0) is 22.0. The van der Waals surface area contributed by atoms with Crippen LogP contribution in [0.25, 0.3) is 0 Å². The second-order valence-corrected chi connectivity index (χ2v) is 10.1. The molecule has 0 radical (unpaired) electrons. The number of likely N-dealkylation sites (tertiary alicyclic amines) is 1. The first-order valence-corrected chi connectivity index (χ1v) is 12.2. The Morgan fingerprint density at radius 3 is 2.65 bits per heavy atom. The summed E-state index contributed by atoms with van der Waals surface area (Å²) in [5, 5.41) is 2.92. The molecular weight excluding hydrogens is 416 g/mol. The van der Waals surface area contributed by atoms with Gasteiger partial charge in [-0.15, -0.1) is 0 Å². The minimum Gasteiger partial charge on any atom is -0.379 e. The predicted molar refractivity (Wildman–Crippen MR) is 118 cm³/mol. The van der Waals surface area contributed by atoms with E-state index in [2.05, 4.69) is 20.9 Å². The van der Waals surface area contributed by atoms with Crippen molar-refractivity contribution in [3.63, 3.8) is 0 Å². The number of hydrogen-bond acceptors (Lipinski definition) is 5. The summed E-state index contributed by atoms with van der Waals surface area (Å²) in [5.41, 5.74) is 1.69. The standard InChI is InChI=1S/C22H30N4O4S/c1-17(26-11-5-9-21(26)20-8-4-10-24(20)2)22(27)23-18-6-3-7-19(16-18)31(28,29)25-12-14-30-15-13-25/h3-4,6-8,10,16-17,21H,5,9,11-15H2,1-2H3,(H,23,27)/t17-,21+/m0/s1. The topological polar surface area (TPSA) is 83.9 Å². The predicted octanol–water partition coefficient (Wildman–Crippen LogP) is 2.21. The van der Waals surface area contributed by atoms with Crippen LogP contribution in [0, 0.1) is 0 Å². The van der Waals surface area contributed by atoms with E-state index in [4.69, 9.17) is 4.74 Å². The van der Waals surface area contributed by atoms with Crippen molar-refractivity contribution in [2.45, 2.75) is 36.7 Å². The largest absolute Gasteiger partial charge is 0.379 e. The monoisotopic (exact) mass is 446 g/mol. The maximum absolute atomic E-state index is 13.0. The van der Waals surface area contributed by atoms with E-state index >= 15 is 0 Å². The fraction of sp³-hybridized carbons (Fsp3) is 0.500. The summed E-state index contributed by atoms with van der Waals surface area (Å²) in [5.74, 6) is -0.137. The smallest absolute Gasteiger partial charge is 0.243 e. The minimum absolute atomic E-state index is 0.137. The summed E-state index contributed by atoms with van der Waals surface area (Å²) in [6.45, 7) is 4.23. The van der Waals surface area contributed by atoms with Gasteiger partial charge in [0.2, 0.25) is 15.9 Å². The Bertz CT molecular complexity index is 1030. The highest BCUT2D eigenvalue weighted by atomic mass is 32.2. The van der Waals surface area contributed by atoms with E-state index in [-0.39, 0.29) is 22.9 Å². The van der Waals surface area contributed by atoms with Crippen LogP contribution in [0.2, 0.25) is 0 Å². The lowest BCUT2D eigenvalue weighted by Crippen LogP contribution is -2.42. The number of aryl methyl sites for hydroxylation is 1. The van der Waals surface area contributed by atoms with E-state index in [0.717, 1.165) is 19.4 Å². The van der Waals surface area contributed by atoms with Crippen LogP contribution in [0.4, 0.5) is 5.69 Å². The average Bonchev–Trinajstić information content (AvgIpc) is 3.42. The number of amides is 1. The summed E-state index contributed by atoms with van der Waals surface area (Å²) in [6.07, 6.45) is 4.08. The highest BCUT2D eigenvalue weighted by Crippen LogP contribution is 2.34. The van der Waals surface area contributed by atoms with Crippen LogP contribution in [-0.2, 0) is 26.6 Å². The SMILES string of the molecule is C[C@@H](C(=O)Nc1cccc(S(=O)(=O)N2CCOCC2)c1)N1CCC[C@@H]1c1cccn1C. The Balaban J connectivity index is 1.47. The lowest BCUT2D eigenvalue weighted by atomic mass is 10.1. The van der Waals surface area contributed by atoms with Crippen molar-refractivity contribution in [3.8, 4) is 0 Å². The molecule has 168 valence electrons. The van der Waals surface area contributed by atoms with Crippen molar-refractivity contribution in [3.05, 3.63) is 48.3 Å². The molecule has 2 atom stereocenters. The summed E-state index contributed by atoms with van der Waals surface area (Å²) < 4.78 is 34.6. The number of morpholine rings is 1. The molecule has 2 aliphatic heterocycles. The number of ether oxygens (including phenoxy) is 1. The van der Waals surface area contributed by atoms with Crippen molar-refractivity contribution in [2.75, 3.05) is 38.2 Å². The average molecular weight is 447 g/mol. The van der Waals surface area contributed by atoms with Gasteiger partial charge < -0.3 is 14.6 Å². The van der Waals surface area contributed by atoms with Crippen molar-refractivity contribution in [1.29, 1.82) is 0 Å². The molecule has 2 aromatic rings. The van der Waals surface area contributed by atoms with Crippen molar-refractivity contribution in [2.24, 2.45) is 7.05 Å². The first-order chi connectivity index (χ1) is 14.9. The van der Waals surface area contributed by atoms with Gasteiger partial charge >= 0.3 is 0 Å². The molecule has 1 aromatic carbocycles. The van der Waals surface area contributed by atoms with Crippen LogP contribution < -0.4 is 5.32 Å². The fourth-order valence-corrected chi connectivity index (χ4v) is 5.91. The maximum atomic E-state index is 13.0. The normalized spacial score (nSPS) is 21.8. The van der Waals surface area contributed by atoms with Gasteiger partial charge in [0.15, 0.2) is 0 Å². The van der Waals surface area contributed by atoms with Gasteiger partial charge in [-0.2, -0.15) is 4.31 Å². The molecule has 2 saturated heterocycles. The number of aromatic nitrogens is 1. The second-order valence-electron chi connectivity index (χ2n) is 8.15. The third-order valence-corrected chi connectivity index (χ3v) is 8.10. The quantitative estimate of drug-likeness (QED) is 0.736. The number of benzene rings is 1. The molecule has 3 heterocycles. The number of hydrogen-bond donors (Lipinski definition) is 1. The van der Waals surface area contributed by atoms with E-state index in [1.54, 1.807) is 18.2 Å². The molecular formula is C22H30N4O4S. The third-order valence-electron chi connectivity index (χ3n) is 6.21. The van der Waals surface area contributed by atoms with E-state index < -0.39 is 10.0 Å². The number of anilines is 1.